The van der Waals surface area contributed by atoms with E-state index in [1.165, 1.54) is 9.13 Å². The lowest BCUT2D eigenvalue weighted by atomic mass is 10.2. The van der Waals surface area contributed by atoms with E-state index >= 15 is 0 Å². The van der Waals surface area contributed by atoms with Crippen LogP contribution in [-0.2, 0) is 31.4 Å². The Balaban J connectivity index is 1.86. The number of carbonyl (C=O) groups excluding carboxylic acids is 1. The largest absolute Gasteiger partial charge is 0.453 e. The van der Waals surface area contributed by atoms with E-state index in [1.807, 2.05) is 13.8 Å². The van der Waals surface area contributed by atoms with Gasteiger partial charge in [-0.1, -0.05) is 26.7 Å². The van der Waals surface area contributed by atoms with Crippen molar-refractivity contribution in [3.63, 3.8) is 0 Å². The average Bonchev–Trinajstić information content (AvgIpc) is 3.25. The van der Waals surface area contributed by atoms with E-state index in [0.29, 0.717) is 18.0 Å². The molecule has 150 valence electrons. The zero-order chi connectivity index (χ0) is 20.3. The van der Waals surface area contributed by atoms with Crippen molar-refractivity contribution in [3.8, 4) is 0 Å². The van der Waals surface area contributed by atoms with Crippen LogP contribution < -0.4 is 11.2 Å². The number of H-pyrrole nitrogens is 2. The first-order chi connectivity index (χ1) is 13.5. The van der Waals surface area contributed by atoms with Crippen molar-refractivity contribution >= 4 is 17.1 Å². The predicted octanol–water partition coefficient (Wildman–Crippen LogP) is 1.26. The number of aryl methyl sites for hydroxylation is 3. The van der Waals surface area contributed by atoms with E-state index in [9.17, 15) is 14.4 Å². The standard InChI is InChI=1S/C18H24N6O4/c1-4-6-8-24-15-14(16(25)20-18(24)27)23(3)13(19-15)10-28-17(26)12-9-11(7-5-2)21-22-12/h9H,4-8,10H2,1-3H3,(H,21,22)(H,20,25,27). The molecule has 28 heavy (non-hydrogen) atoms. The first-order valence-corrected chi connectivity index (χ1v) is 9.36. The molecule has 0 atom stereocenters. The highest BCUT2D eigenvalue weighted by atomic mass is 16.5. The zero-order valence-electron chi connectivity index (χ0n) is 16.2. The van der Waals surface area contributed by atoms with E-state index in [4.69, 9.17) is 4.74 Å². The van der Waals surface area contributed by atoms with E-state index in [0.717, 1.165) is 31.4 Å². The second-order valence-electron chi connectivity index (χ2n) is 6.63. The Kier molecular flexibility index (Phi) is 5.76. The van der Waals surface area contributed by atoms with Crippen molar-refractivity contribution in [1.82, 2.24) is 29.3 Å². The maximum absolute atomic E-state index is 12.2. The molecule has 0 spiro atoms. The van der Waals surface area contributed by atoms with Gasteiger partial charge in [0, 0.05) is 19.3 Å². The minimum atomic E-state index is -0.581. The maximum atomic E-state index is 12.2. The molecule has 0 saturated heterocycles. The number of imidazole rings is 1. The van der Waals surface area contributed by atoms with Crippen LogP contribution in [0, 0.1) is 0 Å². The summed E-state index contributed by atoms with van der Waals surface area (Å²) < 4.78 is 8.28. The molecule has 0 bridgehead atoms. The van der Waals surface area contributed by atoms with Gasteiger partial charge in [0.15, 0.2) is 16.9 Å². The molecule has 3 heterocycles. The Labute approximate surface area is 160 Å². The maximum Gasteiger partial charge on any atom is 0.359 e. The van der Waals surface area contributed by atoms with Crippen molar-refractivity contribution in [2.45, 2.75) is 52.7 Å². The molecule has 10 nitrogen and oxygen atoms in total. The van der Waals surface area contributed by atoms with Crippen molar-refractivity contribution in [2.75, 3.05) is 0 Å². The second kappa shape index (κ2) is 8.24. The Morgan fingerprint density at radius 1 is 1.25 bits per heavy atom. The smallest absolute Gasteiger partial charge is 0.359 e. The minimum Gasteiger partial charge on any atom is -0.453 e. The number of aromatic amines is 2. The van der Waals surface area contributed by atoms with Crippen LogP contribution in [0.4, 0.5) is 0 Å². The van der Waals surface area contributed by atoms with Gasteiger partial charge in [0.05, 0.1) is 0 Å². The Morgan fingerprint density at radius 2 is 2.04 bits per heavy atom. The highest BCUT2D eigenvalue weighted by Gasteiger charge is 2.18. The highest BCUT2D eigenvalue weighted by molar-refractivity contribution is 5.87. The number of carbonyl (C=O) groups is 1. The Morgan fingerprint density at radius 3 is 2.75 bits per heavy atom. The SMILES string of the molecule is CCCCn1c(=O)[nH]c(=O)c2c1nc(COC(=O)c1cc(CCC)[nH]n1)n2C. The average molecular weight is 388 g/mol. The summed E-state index contributed by atoms with van der Waals surface area (Å²) in [6.45, 7) is 4.36. The van der Waals surface area contributed by atoms with Crippen LogP contribution in [0.2, 0.25) is 0 Å². The number of nitrogens with zero attached hydrogens (tertiary/aromatic N) is 4. The minimum absolute atomic E-state index is 0.138. The van der Waals surface area contributed by atoms with Crippen LogP contribution in [-0.4, -0.2) is 35.3 Å². The van der Waals surface area contributed by atoms with E-state index in [1.54, 1.807) is 13.1 Å². The lowest BCUT2D eigenvalue weighted by Gasteiger charge is -2.04. The van der Waals surface area contributed by atoms with Gasteiger partial charge in [0.1, 0.15) is 12.4 Å². The summed E-state index contributed by atoms with van der Waals surface area (Å²) in [5.41, 5.74) is 0.612. The Bertz CT molecular complexity index is 1100. The summed E-state index contributed by atoms with van der Waals surface area (Å²) in [5, 5.41) is 6.76. The molecule has 0 aliphatic heterocycles. The van der Waals surface area contributed by atoms with Crippen LogP contribution in [0.3, 0.4) is 0 Å². The molecule has 0 radical (unpaired) electrons. The van der Waals surface area contributed by atoms with E-state index in [-0.39, 0.29) is 17.8 Å². The Hall–Kier alpha value is -3.17. The third-order valence-corrected chi connectivity index (χ3v) is 4.53. The van der Waals surface area contributed by atoms with Gasteiger partial charge in [0.25, 0.3) is 5.56 Å². The molecule has 10 heteroatoms. The van der Waals surface area contributed by atoms with Gasteiger partial charge in [-0.3, -0.25) is 19.4 Å². The number of aromatic nitrogens is 6. The highest BCUT2D eigenvalue weighted by Crippen LogP contribution is 2.12. The molecule has 0 unspecified atom stereocenters. The normalized spacial score (nSPS) is 11.2. The molecule has 2 N–H and O–H groups in total. The van der Waals surface area contributed by atoms with Gasteiger partial charge < -0.3 is 9.30 Å². The summed E-state index contributed by atoms with van der Waals surface area (Å²) in [7, 11) is 1.65. The monoisotopic (exact) mass is 388 g/mol. The zero-order valence-corrected chi connectivity index (χ0v) is 16.2. The molecule has 0 aromatic carbocycles. The fourth-order valence-corrected chi connectivity index (χ4v) is 3.01. The fourth-order valence-electron chi connectivity index (χ4n) is 3.01. The van der Waals surface area contributed by atoms with Crippen LogP contribution in [0.15, 0.2) is 15.7 Å². The number of esters is 1. The number of fused-ring (bicyclic) bond motifs is 1. The number of unbranched alkanes of at least 4 members (excludes halogenated alkanes) is 1. The van der Waals surface area contributed by atoms with Gasteiger partial charge in [-0.2, -0.15) is 5.10 Å². The van der Waals surface area contributed by atoms with E-state index < -0.39 is 17.2 Å². The second-order valence-corrected chi connectivity index (χ2v) is 6.63. The first-order valence-electron chi connectivity index (χ1n) is 9.36. The number of ether oxygens (including phenoxy) is 1. The summed E-state index contributed by atoms with van der Waals surface area (Å²) in [4.78, 5) is 43.3. The van der Waals surface area contributed by atoms with Crippen LogP contribution >= 0.6 is 0 Å². The van der Waals surface area contributed by atoms with Gasteiger partial charge in [-0.15, -0.1) is 0 Å². The van der Waals surface area contributed by atoms with Crippen molar-refractivity contribution in [1.29, 1.82) is 0 Å². The molecule has 3 aromatic rings. The number of hydrogen-bond acceptors (Lipinski definition) is 6. The first kappa shape index (κ1) is 19.6. The quantitative estimate of drug-likeness (QED) is 0.559. The number of nitrogens with one attached hydrogen (secondary N) is 2. The lowest BCUT2D eigenvalue weighted by molar-refractivity contribution is 0.0452. The summed E-state index contributed by atoms with van der Waals surface area (Å²) >= 11 is 0. The lowest BCUT2D eigenvalue weighted by Crippen LogP contribution is -2.31. The molecule has 0 aliphatic carbocycles. The van der Waals surface area contributed by atoms with Crippen LogP contribution in [0.1, 0.15) is 55.1 Å². The molecule has 0 amide bonds. The number of rotatable bonds is 8. The van der Waals surface area contributed by atoms with Gasteiger partial charge >= 0.3 is 11.7 Å². The van der Waals surface area contributed by atoms with Gasteiger partial charge in [-0.05, 0) is 18.9 Å². The summed E-state index contributed by atoms with van der Waals surface area (Å²) in [5.74, 6) is -0.211. The molecular formula is C18H24N6O4. The van der Waals surface area contributed by atoms with Gasteiger partial charge in [0.2, 0.25) is 0 Å². The molecule has 0 saturated carbocycles. The third-order valence-electron chi connectivity index (χ3n) is 4.53. The molecular weight excluding hydrogens is 364 g/mol. The summed E-state index contributed by atoms with van der Waals surface area (Å²) in [6, 6.07) is 1.66. The third kappa shape index (κ3) is 3.75. The number of hydrogen-bond donors (Lipinski definition) is 2. The van der Waals surface area contributed by atoms with Crippen molar-refractivity contribution in [2.24, 2.45) is 7.05 Å². The van der Waals surface area contributed by atoms with E-state index in [2.05, 4.69) is 20.2 Å². The van der Waals surface area contributed by atoms with Crippen LogP contribution in [0.5, 0.6) is 0 Å². The molecule has 0 aliphatic rings. The topological polar surface area (TPSA) is 128 Å². The predicted molar refractivity (Wildman–Crippen MR) is 102 cm³/mol. The van der Waals surface area contributed by atoms with Gasteiger partial charge in [-0.25, -0.2) is 14.6 Å². The molecule has 3 aromatic heterocycles. The van der Waals surface area contributed by atoms with Crippen molar-refractivity contribution < 1.29 is 9.53 Å². The molecule has 3 rings (SSSR count). The van der Waals surface area contributed by atoms with Crippen molar-refractivity contribution in [3.05, 3.63) is 44.1 Å². The summed E-state index contributed by atoms with van der Waals surface area (Å²) in [6.07, 6.45) is 3.41. The molecule has 0 fully saturated rings. The fraction of sp³-hybridized carbons (Fsp3) is 0.500. The van der Waals surface area contributed by atoms with Crippen LogP contribution in [0.25, 0.3) is 11.2 Å².